The van der Waals surface area contributed by atoms with Crippen LogP contribution in [-0.4, -0.2) is 15.9 Å². The summed E-state index contributed by atoms with van der Waals surface area (Å²) in [5.41, 5.74) is 3.15. The third kappa shape index (κ3) is 4.18. The monoisotopic (exact) mass is 389 g/mol. The van der Waals surface area contributed by atoms with E-state index in [1.165, 1.54) is 0 Å². The van der Waals surface area contributed by atoms with E-state index in [9.17, 15) is 9.59 Å². The van der Waals surface area contributed by atoms with Crippen LogP contribution in [0.2, 0.25) is 0 Å². The van der Waals surface area contributed by atoms with Crippen LogP contribution in [0.3, 0.4) is 0 Å². The zero-order valence-electron chi connectivity index (χ0n) is 15.1. The molecule has 0 aliphatic rings. The maximum Gasteiger partial charge on any atom is 0.253 e. The largest absolute Gasteiger partial charge is 0.352 e. The SMILES string of the molecule is O=C(CCc1csc(-c2ccccc2)n1)NCc1cc2ccccc2[nH]c1=O. The molecular weight excluding hydrogens is 370 g/mol. The van der Waals surface area contributed by atoms with Crippen molar-refractivity contribution in [1.82, 2.24) is 15.3 Å². The first-order valence-electron chi connectivity index (χ1n) is 9.06. The Morgan fingerprint density at radius 1 is 1.07 bits per heavy atom. The minimum atomic E-state index is -0.175. The molecule has 0 unspecified atom stereocenters. The number of thiazole rings is 1. The van der Waals surface area contributed by atoms with Gasteiger partial charge in [-0.25, -0.2) is 4.98 Å². The topological polar surface area (TPSA) is 74.8 Å². The molecule has 1 amide bonds. The number of para-hydroxylation sites is 1. The molecule has 140 valence electrons. The van der Waals surface area contributed by atoms with Gasteiger partial charge in [-0.1, -0.05) is 48.5 Å². The number of aromatic amines is 1. The molecule has 0 aliphatic heterocycles. The first-order chi connectivity index (χ1) is 13.7. The van der Waals surface area contributed by atoms with Gasteiger partial charge < -0.3 is 10.3 Å². The number of nitrogens with zero attached hydrogens (tertiary/aromatic N) is 1. The van der Waals surface area contributed by atoms with E-state index in [-0.39, 0.29) is 18.0 Å². The number of fused-ring (bicyclic) bond motifs is 1. The second kappa shape index (κ2) is 8.19. The van der Waals surface area contributed by atoms with Gasteiger partial charge in [0.2, 0.25) is 5.91 Å². The number of benzene rings is 2. The predicted octanol–water partition coefficient (Wildman–Crippen LogP) is 3.90. The summed E-state index contributed by atoms with van der Waals surface area (Å²) in [6.07, 6.45) is 0.909. The summed E-state index contributed by atoms with van der Waals surface area (Å²) in [4.78, 5) is 31.8. The first kappa shape index (κ1) is 18.1. The molecule has 0 saturated carbocycles. The van der Waals surface area contributed by atoms with Crippen molar-refractivity contribution in [3.63, 3.8) is 0 Å². The van der Waals surface area contributed by atoms with Crippen molar-refractivity contribution in [3.05, 3.63) is 87.7 Å². The van der Waals surface area contributed by atoms with Crippen LogP contribution in [0.15, 0.2) is 70.8 Å². The van der Waals surface area contributed by atoms with Gasteiger partial charge in [0.25, 0.3) is 5.56 Å². The lowest BCUT2D eigenvalue weighted by Gasteiger charge is -2.06. The van der Waals surface area contributed by atoms with Crippen molar-refractivity contribution in [2.45, 2.75) is 19.4 Å². The summed E-state index contributed by atoms with van der Waals surface area (Å²) in [5.74, 6) is -0.0955. The van der Waals surface area contributed by atoms with Crippen LogP contribution >= 0.6 is 11.3 Å². The number of nitrogens with one attached hydrogen (secondary N) is 2. The summed E-state index contributed by atoms with van der Waals surface area (Å²) in [6, 6.07) is 19.4. The Morgan fingerprint density at radius 2 is 1.86 bits per heavy atom. The highest BCUT2D eigenvalue weighted by molar-refractivity contribution is 7.13. The molecule has 0 fully saturated rings. The second-order valence-corrected chi connectivity index (χ2v) is 7.36. The van der Waals surface area contributed by atoms with E-state index in [2.05, 4.69) is 15.3 Å². The molecule has 2 aromatic heterocycles. The molecule has 6 heteroatoms. The van der Waals surface area contributed by atoms with Crippen LogP contribution in [0.5, 0.6) is 0 Å². The van der Waals surface area contributed by atoms with Crippen molar-refractivity contribution in [2.75, 3.05) is 0 Å². The molecule has 2 heterocycles. The fourth-order valence-electron chi connectivity index (χ4n) is 2.98. The van der Waals surface area contributed by atoms with Gasteiger partial charge in [-0.15, -0.1) is 11.3 Å². The van der Waals surface area contributed by atoms with E-state index in [0.717, 1.165) is 27.2 Å². The Hall–Kier alpha value is -3.25. The van der Waals surface area contributed by atoms with Gasteiger partial charge >= 0.3 is 0 Å². The lowest BCUT2D eigenvalue weighted by Crippen LogP contribution is -2.26. The smallest absolute Gasteiger partial charge is 0.253 e. The zero-order valence-corrected chi connectivity index (χ0v) is 16.0. The third-order valence-corrected chi connectivity index (χ3v) is 5.43. The average Bonchev–Trinajstić information content (AvgIpc) is 3.20. The molecule has 2 N–H and O–H groups in total. The zero-order chi connectivity index (χ0) is 19.3. The molecule has 0 atom stereocenters. The normalized spacial score (nSPS) is 10.9. The van der Waals surface area contributed by atoms with Gasteiger partial charge in [-0.2, -0.15) is 0 Å². The number of pyridine rings is 1. The molecule has 2 aromatic carbocycles. The van der Waals surface area contributed by atoms with Crippen LogP contribution in [0.4, 0.5) is 0 Å². The molecule has 0 bridgehead atoms. The Kier molecular flexibility index (Phi) is 5.30. The number of hydrogen-bond acceptors (Lipinski definition) is 4. The van der Waals surface area contributed by atoms with E-state index < -0.39 is 0 Å². The van der Waals surface area contributed by atoms with Crippen molar-refractivity contribution < 1.29 is 4.79 Å². The Bertz CT molecular complexity index is 1170. The first-order valence-corrected chi connectivity index (χ1v) is 9.94. The van der Waals surface area contributed by atoms with Crippen molar-refractivity contribution >= 4 is 28.1 Å². The maximum atomic E-state index is 12.2. The Morgan fingerprint density at radius 3 is 2.71 bits per heavy atom. The van der Waals surface area contributed by atoms with Gasteiger partial charge in [0.05, 0.1) is 5.69 Å². The maximum absolute atomic E-state index is 12.2. The highest BCUT2D eigenvalue weighted by Crippen LogP contribution is 2.23. The molecule has 0 saturated heterocycles. The van der Waals surface area contributed by atoms with E-state index in [0.29, 0.717) is 18.4 Å². The summed E-state index contributed by atoms with van der Waals surface area (Å²) < 4.78 is 0. The third-order valence-electron chi connectivity index (χ3n) is 4.49. The van der Waals surface area contributed by atoms with Gasteiger partial charge in [0.1, 0.15) is 5.01 Å². The molecule has 4 aromatic rings. The molecular formula is C22H19N3O2S. The number of amides is 1. The molecule has 4 rings (SSSR count). The standard InChI is InChI=1S/C22H19N3O2S/c26-20(11-10-18-14-28-22(24-18)15-6-2-1-3-7-15)23-13-17-12-16-8-4-5-9-19(16)25-21(17)27/h1-9,12,14H,10-11,13H2,(H,23,26)(H,25,27). The molecule has 0 radical (unpaired) electrons. The number of H-pyrrole nitrogens is 1. The van der Waals surface area contributed by atoms with Crippen molar-refractivity contribution in [3.8, 4) is 10.6 Å². The van der Waals surface area contributed by atoms with Crippen LogP contribution in [0.25, 0.3) is 21.5 Å². The van der Waals surface area contributed by atoms with E-state index in [4.69, 9.17) is 0 Å². The number of aromatic nitrogens is 2. The van der Waals surface area contributed by atoms with Gasteiger partial charge in [-0.3, -0.25) is 9.59 Å². The van der Waals surface area contributed by atoms with E-state index in [1.54, 1.807) is 11.3 Å². The Balaban J connectivity index is 1.34. The number of aryl methyl sites for hydroxylation is 1. The predicted molar refractivity (Wildman–Crippen MR) is 112 cm³/mol. The quantitative estimate of drug-likeness (QED) is 0.525. The van der Waals surface area contributed by atoms with Crippen LogP contribution in [0, 0.1) is 0 Å². The number of carbonyl (C=O) groups excluding carboxylic acids is 1. The van der Waals surface area contributed by atoms with Crippen LogP contribution in [-0.2, 0) is 17.8 Å². The lowest BCUT2D eigenvalue weighted by atomic mass is 10.1. The molecule has 28 heavy (non-hydrogen) atoms. The summed E-state index contributed by atoms with van der Waals surface area (Å²) in [6.45, 7) is 0.214. The Labute approximate surface area is 166 Å². The van der Waals surface area contributed by atoms with Crippen molar-refractivity contribution in [1.29, 1.82) is 0 Å². The number of rotatable bonds is 6. The summed E-state index contributed by atoms with van der Waals surface area (Å²) in [7, 11) is 0. The van der Waals surface area contributed by atoms with E-state index >= 15 is 0 Å². The number of carbonyl (C=O) groups is 1. The minimum absolute atomic E-state index is 0.0955. The fraction of sp³-hybridized carbons (Fsp3) is 0.136. The highest BCUT2D eigenvalue weighted by Gasteiger charge is 2.09. The number of hydrogen-bond donors (Lipinski definition) is 2. The molecule has 0 spiro atoms. The van der Waals surface area contributed by atoms with E-state index in [1.807, 2.05) is 66.0 Å². The molecule has 0 aliphatic carbocycles. The molecule has 5 nitrogen and oxygen atoms in total. The summed E-state index contributed by atoms with van der Waals surface area (Å²) >= 11 is 1.58. The minimum Gasteiger partial charge on any atom is -0.352 e. The average molecular weight is 389 g/mol. The highest BCUT2D eigenvalue weighted by atomic mass is 32.1. The summed E-state index contributed by atoms with van der Waals surface area (Å²) in [5, 5.41) is 6.72. The van der Waals surface area contributed by atoms with Gasteiger partial charge in [0.15, 0.2) is 0 Å². The fourth-order valence-corrected chi connectivity index (χ4v) is 3.84. The van der Waals surface area contributed by atoms with Crippen LogP contribution in [0.1, 0.15) is 17.7 Å². The second-order valence-electron chi connectivity index (χ2n) is 6.50. The van der Waals surface area contributed by atoms with Gasteiger partial charge in [0, 0.05) is 35.0 Å². The van der Waals surface area contributed by atoms with Gasteiger partial charge in [-0.05, 0) is 23.9 Å². The van der Waals surface area contributed by atoms with Crippen LogP contribution < -0.4 is 10.9 Å². The lowest BCUT2D eigenvalue weighted by molar-refractivity contribution is -0.121. The van der Waals surface area contributed by atoms with Crippen molar-refractivity contribution in [2.24, 2.45) is 0 Å².